The summed E-state index contributed by atoms with van der Waals surface area (Å²) < 4.78 is 40.7. The van der Waals surface area contributed by atoms with Gasteiger partial charge in [0.15, 0.2) is 17.4 Å². The molecule has 0 unspecified atom stereocenters. The highest BCUT2D eigenvalue weighted by Gasteiger charge is 2.25. The second-order valence-corrected chi connectivity index (χ2v) is 9.26. The molecular formula is C26H29F2N5O2. The molecule has 5 rings (SSSR count). The molecule has 0 aliphatic carbocycles. The van der Waals surface area contributed by atoms with Crippen LogP contribution in [-0.2, 0) is 11.2 Å². The van der Waals surface area contributed by atoms with Gasteiger partial charge in [0, 0.05) is 30.9 Å². The second-order valence-electron chi connectivity index (χ2n) is 9.26. The lowest BCUT2D eigenvalue weighted by Gasteiger charge is -2.33. The number of morpholine rings is 1. The zero-order valence-electron chi connectivity index (χ0n) is 20.0. The molecule has 0 spiro atoms. The summed E-state index contributed by atoms with van der Waals surface area (Å²) in [6.07, 6.45) is 3.31. The Hall–Kier alpha value is -3.33. The average Bonchev–Trinajstić information content (AvgIpc) is 2.86. The van der Waals surface area contributed by atoms with E-state index in [9.17, 15) is 8.78 Å². The van der Waals surface area contributed by atoms with Crippen molar-refractivity contribution in [2.24, 2.45) is 5.92 Å². The van der Waals surface area contributed by atoms with Gasteiger partial charge in [-0.05, 0) is 30.2 Å². The number of nitrogens with zero attached hydrogens (tertiary/aromatic N) is 5. The Morgan fingerprint density at radius 2 is 1.80 bits per heavy atom. The van der Waals surface area contributed by atoms with Gasteiger partial charge >= 0.3 is 0 Å². The van der Waals surface area contributed by atoms with Gasteiger partial charge in [-0.3, -0.25) is 4.98 Å². The first-order valence-electron chi connectivity index (χ1n) is 12.0. The molecule has 0 atom stereocenters. The molecule has 7 nitrogen and oxygen atoms in total. The van der Waals surface area contributed by atoms with Gasteiger partial charge in [-0.25, -0.2) is 18.7 Å². The molecule has 0 N–H and O–H groups in total. The molecule has 0 amide bonds. The summed E-state index contributed by atoms with van der Waals surface area (Å²) in [5.74, 6) is -0.111. The third kappa shape index (κ3) is 5.19. The van der Waals surface area contributed by atoms with Crippen molar-refractivity contribution < 1.29 is 18.3 Å². The number of halogens is 2. The average molecular weight is 482 g/mol. The Morgan fingerprint density at radius 1 is 0.971 bits per heavy atom. The van der Waals surface area contributed by atoms with Crippen LogP contribution in [0.25, 0.3) is 11.3 Å². The normalized spacial score (nSPS) is 15.8. The van der Waals surface area contributed by atoms with Gasteiger partial charge in [-0.1, -0.05) is 13.8 Å². The van der Waals surface area contributed by atoms with Crippen LogP contribution in [0.3, 0.4) is 0 Å². The van der Waals surface area contributed by atoms with Crippen molar-refractivity contribution in [3.8, 4) is 17.0 Å². The number of hydrogen-bond acceptors (Lipinski definition) is 7. The molecule has 1 fully saturated rings. The van der Waals surface area contributed by atoms with Crippen molar-refractivity contribution in [3.05, 3.63) is 59.8 Å². The van der Waals surface area contributed by atoms with E-state index in [2.05, 4.69) is 38.6 Å². The lowest BCUT2D eigenvalue weighted by atomic mass is 10.1. The fourth-order valence-corrected chi connectivity index (χ4v) is 4.49. The number of benzene rings is 1. The molecule has 0 radical (unpaired) electrons. The minimum absolute atomic E-state index is 0.0664. The quantitative estimate of drug-likeness (QED) is 0.525. The third-order valence-corrected chi connectivity index (χ3v) is 6.15. The summed E-state index contributed by atoms with van der Waals surface area (Å²) in [5, 5.41) is 0. The van der Waals surface area contributed by atoms with Crippen LogP contribution in [-0.4, -0.2) is 61.0 Å². The second kappa shape index (κ2) is 10.1. The number of fused-ring (bicyclic) bond motifs is 1. The predicted molar refractivity (Wildman–Crippen MR) is 130 cm³/mol. The minimum atomic E-state index is -0.601. The van der Waals surface area contributed by atoms with E-state index in [1.807, 2.05) is 18.3 Å². The lowest BCUT2D eigenvalue weighted by molar-refractivity contribution is 0.122. The first kappa shape index (κ1) is 23.4. The first-order chi connectivity index (χ1) is 17.0. The van der Waals surface area contributed by atoms with Crippen LogP contribution in [0.15, 0.2) is 36.7 Å². The largest absolute Gasteiger partial charge is 0.486 e. The summed E-state index contributed by atoms with van der Waals surface area (Å²) >= 11 is 0. The summed E-state index contributed by atoms with van der Waals surface area (Å²) in [6.45, 7) is 9.11. The van der Waals surface area contributed by atoms with Crippen molar-refractivity contribution in [1.82, 2.24) is 15.0 Å². The van der Waals surface area contributed by atoms with Crippen molar-refractivity contribution in [3.63, 3.8) is 0 Å². The van der Waals surface area contributed by atoms with Gasteiger partial charge in [0.25, 0.3) is 0 Å². The molecule has 184 valence electrons. The molecule has 1 saturated heterocycles. The fourth-order valence-electron chi connectivity index (χ4n) is 4.49. The maximum atomic E-state index is 15.0. The van der Waals surface area contributed by atoms with Crippen molar-refractivity contribution in [2.75, 3.05) is 55.8 Å². The molecule has 4 heterocycles. The number of hydrogen-bond donors (Lipinski definition) is 0. The molecule has 1 aromatic carbocycles. The summed E-state index contributed by atoms with van der Waals surface area (Å²) in [4.78, 5) is 17.5. The molecule has 9 heteroatoms. The number of ether oxygens (including phenoxy) is 2. The van der Waals surface area contributed by atoms with Crippen LogP contribution in [0.1, 0.15) is 25.4 Å². The Kier molecular flexibility index (Phi) is 6.77. The molecule has 2 aliphatic heterocycles. The minimum Gasteiger partial charge on any atom is -0.486 e. The van der Waals surface area contributed by atoms with Gasteiger partial charge in [0.05, 0.1) is 49.9 Å². The van der Waals surface area contributed by atoms with Crippen LogP contribution < -0.4 is 14.5 Å². The van der Waals surface area contributed by atoms with E-state index < -0.39 is 11.6 Å². The smallest absolute Gasteiger partial charge is 0.178 e. The molecule has 3 aromatic rings. The van der Waals surface area contributed by atoms with Crippen LogP contribution in [0, 0.1) is 17.6 Å². The van der Waals surface area contributed by atoms with Gasteiger partial charge in [0.2, 0.25) is 0 Å². The van der Waals surface area contributed by atoms with Gasteiger partial charge in [-0.2, -0.15) is 0 Å². The topological polar surface area (TPSA) is 63.6 Å². The number of pyridine rings is 1. The van der Waals surface area contributed by atoms with Crippen LogP contribution in [0.4, 0.5) is 20.2 Å². The predicted octanol–water partition coefficient (Wildman–Crippen LogP) is 4.10. The SMILES string of the molecule is CC(C)CN1CCOc2c(F)cc(-c3nc(Cc4ccc(N5CCOCC5)cn4)ncc3F)cc21. The highest BCUT2D eigenvalue weighted by molar-refractivity contribution is 5.72. The van der Waals surface area contributed by atoms with Crippen molar-refractivity contribution in [2.45, 2.75) is 20.3 Å². The molecule has 2 aromatic heterocycles. The summed E-state index contributed by atoms with van der Waals surface area (Å²) in [7, 11) is 0. The summed E-state index contributed by atoms with van der Waals surface area (Å²) in [6, 6.07) is 6.98. The van der Waals surface area contributed by atoms with E-state index in [1.165, 1.54) is 6.07 Å². The number of aromatic nitrogens is 3. The van der Waals surface area contributed by atoms with E-state index in [4.69, 9.17) is 9.47 Å². The zero-order chi connectivity index (χ0) is 24.4. The van der Waals surface area contributed by atoms with Crippen LogP contribution in [0.2, 0.25) is 0 Å². The van der Waals surface area contributed by atoms with E-state index in [1.54, 1.807) is 6.07 Å². The standard InChI is InChI=1S/C26H29F2N5O2/c1-17(2)16-33-7-10-35-26-21(27)11-18(12-23(26)33)25-22(28)15-30-24(31-25)13-19-3-4-20(14-29-19)32-5-8-34-9-6-32/h3-4,11-12,14-15,17H,5-10,13,16H2,1-2H3. The van der Waals surface area contributed by atoms with Gasteiger partial charge < -0.3 is 19.3 Å². The maximum Gasteiger partial charge on any atom is 0.178 e. The monoisotopic (exact) mass is 481 g/mol. The van der Waals surface area contributed by atoms with Crippen LogP contribution in [0.5, 0.6) is 5.75 Å². The van der Waals surface area contributed by atoms with E-state index in [0.717, 1.165) is 37.2 Å². The van der Waals surface area contributed by atoms with Crippen LogP contribution >= 0.6 is 0 Å². The van der Waals surface area contributed by atoms with Gasteiger partial charge in [-0.15, -0.1) is 0 Å². The molecular weight excluding hydrogens is 452 g/mol. The number of rotatable bonds is 6. The fraction of sp³-hybridized carbons (Fsp3) is 0.423. The van der Waals surface area contributed by atoms with E-state index >= 15 is 0 Å². The molecule has 0 saturated carbocycles. The first-order valence-corrected chi connectivity index (χ1v) is 12.0. The summed E-state index contributed by atoms with van der Waals surface area (Å²) in [5.41, 5.74) is 2.86. The van der Waals surface area contributed by atoms with E-state index in [0.29, 0.717) is 55.8 Å². The van der Waals surface area contributed by atoms with Crippen molar-refractivity contribution >= 4 is 11.4 Å². The molecule has 0 bridgehead atoms. The highest BCUT2D eigenvalue weighted by atomic mass is 19.1. The Morgan fingerprint density at radius 3 is 2.54 bits per heavy atom. The van der Waals surface area contributed by atoms with Gasteiger partial charge in [0.1, 0.15) is 18.1 Å². The molecule has 2 aliphatic rings. The lowest BCUT2D eigenvalue weighted by Crippen LogP contribution is -2.36. The van der Waals surface area contributed by atoms with E-state index in [-0.39, 0.29) is 11.4 Å². The zero-order valence-corrected chi connectivity index (χ0v) is 20.0. The Balaban J connectivity index is 1.40. The Bertz CT molecular complexity index is 1180. The molecule has 35 heavy (non-hydrogen) atoms. The van der Waals surface area contributed by atoms with Crippen molar-refractivity contribution in [1.29, 1.82) is 0 Å². The Labute approximate surface area is 203 Å². The third-order valence-electron chi connectivity index (χ3n) is 6.15. The highest BCUT2D eigenvalue weighted by Crippen LogP contribution is 2.38. The number of anilines is 2. The maximum absolute atomic E-state index is 15.0.